The van der Waals surface area contributed by atoms with Crippen LogP contribution in [0.5, 0.6) is 0 Å². The number of carbonyl (C=O) groups excluding carboxylic acids is 3. The van der Waals surface area contributed by atoms with Gasteiger partial charge in [-0.05, 0) is 96.3 Å². The summed E-state index contributed by atoms with van der Waals surface area (Å²) in [5.74, 6) is -0.922. The molecular formula is C69H120O6. The molecule has 0 aromatic rings. The highest BCUT2D eigenvalue weighted by Crippen LogP contribution is 2.17. The van der Waals surface area contributed by atoms with Gasteiger partial charge in [0.05, 0.1) is 0 Å². The van der Waals surface area contributed by atoms with Crippen molar-refractivity contribution in [1.82, 2.24) is 0 Å². The minimum atomic E-state index is -0.796. The summed E-state index contributed by atoms with van der Waals surface area (Å²) >= 11 is 0. The zero-order valence-electron chi connectivity index (χ0n) is 49.6. The molecule has 1 unspecified atom stereocenters. The Labute approximate surface area is 465 Å². The quantitative estimate of drug-likeness (QED) is 0.0261. The molecule has 0 rings (SSSR count). The number of esters is 3. The van der Waals surface area contributed by atoms with Gasteiger partial charge in [-0.2, -0.15) is 0 Å². The van der Waals surface area contributed by atoms with Crippen LogP contribution in [0, 0.1) is 0 Å². The molecule has 0 aromatic heterocycles. The van der Waals surface area contributed by atoms with E-state index in [0.29, 0.717) is 19.3 Å². The van der Waals surface area contributed by atoms with Gasteiger partial charge in [-0.1, -0.05) is 286 Å². The molecule has 1 atom stereocenters. The molecule has 432 valence electrons. The van der Waals surface area contributed by atoms with Crippen LogP contribution in [0.3, 0.4) is 0 Å². The second-order valence-electron chi connectivity index (χ2n) is 21.3. The Hall–Kier alpha value is -3.41. The number of ether oxygens (including phenoxy) is 3. The molecule has 0 aromatic carbocycles. The van der Waals surface area contributed by atoms with Gasteiger partial charge in [-0.15, -0.1) is 0 Å². The molecule has 0 bridgehead atoms. The summed E-state index contributed by atoms with van der Waals surface area (Å²) in [6.45, 7) is 6.50. The van der Waals surface area contributed by atoms with Crippen LogP contribution in [0.15, 0.2) is 85.1 Å². The van der Waals surface area contributed by atoms with Crippen molar-refractivity contribution in [3.05, 3.63) is 85.1 Å². The Bertz CT molecular complexity index is 1430. The molecule has 75 heavy (non-hydrogen) atoms. The first-order chi connectivity index (χ1) is 37.0. The van der Waals surface area contributed by atoms with Crippen molar-refractivity contribution >= 4 is 17.9 Å². The molecular weight excluding hydrogens is 925 g/mol. The first-order valence-corrected chi connectivity index (χ1v) is 32.1. The number of hydrogen-bond acceptors (Lipinski definition) is 6. The molecule has 0 saturated carbocycles. The summed E-state index contributed by atoms with van der Waals surface area (Å²) in [5, 5.41) is 0. The van der Waals surface area contributed by atoms with Crippen molar-refractivity contribution in [3.8, 4) is 0 Å². The van der Waals surface area contributed by atoms with Crippen molar-refractivity contribution in [2.45, 2.75) is 322 Å². The molecule has 0 saturated heterocycles. The predicted molar refractivity (Wildman–Crippen MR) is 325 cm³/mol. The molecule has 0 N–H and O–H groups in total. The normalized spacial score (nSPS) is 12.6. The minimum Gasteiger partial charge on any atom is -0.462 e. The zero-order valence-corrected chi connectivity index (χ0v) is 49.6. The zero-order chi connectivity index (χ0) is 54.3. The maximum Gasteiger partial charge on any atom is 0.306 e. The average molecular weight is 1050 g/mol. The highest BCUT2D eigenvalue weighted by molar-refractivity contribution is 5.71. The molecule has 0 amide bonds. The third kappa shape index (κ3) is 61.3. The summed E-state index contributed by atoms with van der Waals surface area (Å²) in [6, 6.07) is 0. The lowest BCUT2D eigenvalue weighted by molar-refractivity contribution is -0.167. The molecule has 6 nitrogen and oxygen atoms in total. The van der Waals surface area contributed by atoms with E-state index in [0.717, 1.165) is 89.9 Å². The van der Waals surface area contributed by atoms with Crippen LogP contribution in [-0.4, -0.2) is 37.2 Å². The number of carbonyl (C=O) groups is 3. The molecule has 0 aliphatic carbocycles. The maximum absolute atomic E-state index is 12.8. The van der Waals surface area contributed by atoms with Gasteiger partial charge >= 0.3 is 17.9 Å². The second-order valence-corrected chi connectivity index (χ2v) is 21.3. The fraction of sp³-hybridized carbons (Fsp3) is 0.754. The van der Waals surface area contributed by atoms with Crippen LogP contribution < -0.4 is 0 Å². The van der Waals surface area contributed by atoms with Crippen LogP contribution in [0.2, 0.25) is 0 Å². The van der Waals surface area contributed by atoms with Crippen LogP contribution in [-0.2, 0) is 28.6 Å². The van der Waals surface area contributed by atoms with Crippen molar-refractivity contribution < 1.29 is 28.6 Å². The van der Waals surface area contributed by atoms with Gasteiger partial charge in [-0.25, -0.2) is 0 Å². The molecule has 0 fully saturated rings. The summed E-state index contributed by atoms with van der Waals surface area (Å²) in [4.78, 5) is 38.2. The first kappa shape index (κ1) is 71.6. The van der Waals surface area contributed by atoms with Gasteiger partial charge in [0, 0.05) is 19.3 Å². The lowest BCUT2D eigenvalue weighted by Gasteiger charge is -2.18. The van der Waals surface area contributed by atoms with E-state index in [4.69, 9.17) is 14.2 Å². The number of unbranched alkanes of at least 4 members (excludes halogenated alkanes) is 33. The van der Waals surface area contributed by atoms with Gasteiger partial charge in [-0.3, -0.25) is 14.4 Å². The Kier molecular flexibility index (Phi) is 60.3. The van der Waals surface area contributed by atoms with Crippen molar-refractivity contribution in [1.29, 1.82) is 0 Å². The van der Waals surface area contributed by atoms with Crippen molar-refractivity contribution in [2.24, 2.45) is 0 Å². The van der Waals surface area contributed by atoms with Gasteiger partial charge in [0.1, 0.15) is 13.2 Å². The molecule has 0 aliphatic heterocycles. The maximum atomic E-state index is 12.8. The monoisotopic (exact) mass is 1040 g/mol. The molecule has 0 spiro atoms. The molecule has 0 radical (unpaired) electrons. The number of allylic oxidation sites excluding steroid dienone is 14. The average Bonchev–Trinajstić information content (AvgIpc) is 3.41. The molecule has 0 heterocycles. The van der Waals surface area contributed by atoms with Gasteiger partial charge < -0.3 is 14.2 Å². The minimum absolute atomic E-state index is 0.0899. The van der Waals surface area contributed by atoms with E-state index < -0.39 is 6.10 Å². The van der Waals surface area contributed by atoms with E-state index in [1.165, 1.54) is 180 Å². The summed E-state index contributed by atoms with van der Waals surface area (Å²) < 4.78 is 16.8. The Morgan fingerprint density at radius 2 is 0.520 bits per heavy atom. The summed E-state index contributed by atoms with van der Waals surface area (Å²) in [6.07, 6.45) is 83.3. The van der Waals surface area contributed by atoms with E-state index in [1.54, 1.807) is 0 Å². The smallest absolute Gasteiger partial charge is 0.306 e. The Morgan fingerprint density at radius 3 is 0.840 bits per heavy atom. The van der Waals surface area contributed by atoms with Crippen LogP contribution in [0.1, 0.15) is 316 Å². The largest absolute Gasteiger partial charge is 0.462 e. The summed E-state index contributed by atoms with van der Waals surface area (Å²) in [5.41, 5.74) is 0. The van der Waals surface area contributed by atoms with E-state index >= 15 is 0 Å². The van der Waals surface area contributed by atoms with Gasteiger partial charge in [0.15, 0.2) is 6.10 Å². The molecule has 0 aliphatic rings. The third-order valence-corrected chi connectivity index (χ3v) is 13.9. The Morgan fingerprint density at radius 1 is 0.280 bits per heavy atom. The highest BCUT2D eigenvalue weighted by atomic mass is 16.6. The Balaban J connectivity index is 4.17. The summed E-state index contributed by atoms with van der Waals surface area (Å²) in [7, 11) is 0. The van der Waals surface area contributed by atoms with Crippen molar-refractivity contribution in [3.63, 3.8) is 0 Å². The third-order valence-electron chi connectivity index (χ3n) is 13.9. The lowest BCUT2D eigenvalue weighted by Crippen LogP contribution is -2.30. The van der Waals surface area contributed by atoms with Crippen LogP contribution in [0.25, 0.3) is 0 Å². The topological polar surface area (TPSA) is 78.9 Å². The highest BCUT2D eigenvalue weighted by Gasteiger charge is 2.19. The van der Waals surface area contributed by atoms with Crippen molar-refractivity contribution in [2.75, 3.05) is 13.2 Å². The van der Waals surface area contributed by atoms with Gasteiger partial charge in [0.2, 0.25) is 0 Å². The number of rotatable bonds is 58. The standard InChI is InChI=1S/C69H120O6/c1-4-7-10-13-16-19-22-24-26-27-28-29-30-31-32-33-34-35-36-37-38-39-40-41-43-44-47-50-53-56-59-62-68(71)74-65-66(64-73-67(70)61-58-55-52-49-46-21-18-15-12-9-6-3)75-69(72)63-60-57-54-51-48-45-42-25-23-20-17-14-11-8-5-2/h8,11,17,20,22,24-25,27-28,30-31,42,48,51,66H,4-7,9-10,12-16,18-19,21,23,26,29,32-41,43-47,49-50,52-65H2,1-3H3/b11-8-,20-17-,24-22-,28-27-,31-30-,42-25-,51-48-. The second kappa shape index (κ2) is 63.1. The lowest BCUT2D eigenvalue weighted by atomic mass is 10.0. The van der Waals surface area contributed by atoms with Crippen LogP contribution >= 0.6 is 0 Å². The van der Waals surface area contributed by atoms with Gasteiger partial charge in [0.25, 0.3) is 0 Å². The SMILES string of the molecule is CC/C=C\C/C=C\C/C=C\C/C=C\CCCCC(=O)OC(COC(=O)CCCCCCCCCCCCC)COC(=O)CCCCCCCCCCCCCCCCCC/C=C\C/C=C\C/C=C\CCCCCCC. The fourth-order valence-corrected chi connectivity index (χ4v) is 9.09. The van der Waals surface area contributed by atoms with E-state index in [-0.39, 0.29) is 37.5 Å². The predicted octanol–water partition coefficient (Wildman–Crippen LogP) is 21.9. The number of hydrogen-bond donors (Lipinski definition) is 0. The fourth-order valence-electron chi connectivity index (χ4n) is 9.09. The van der Waals surface area contributed by atoms with E-state index in [2.05, 4.69) is 106 Å². The van der Waals surface area contributed by atoms with E-state index in [1.807, 2.05) is 0 Å². The molecule has 6 heteroatoms. The van der Waals surface area contributed by atoms with Crippen LogP contribution in [0.4, 0.5) is 0 Å². The first-order valence-electron chi connectivity index (χ1n) is 32.1. The van der Waals surface area contributed by atoms with E-state index in [9.17, 15) is 14.4 Å².